The van der Waals surface area contributed by atoms with Gasteiger partial charge in [-0.15, -0.1) is 6.42 Å². The van der Waals surface area contributed by atoms with E-state index in [0.29, 0.717) is 16.3 Å². The minimum Gasteiger partial charge on any atom is -0.354 e. The Morgan fingerprint density at radius 1 is 1.27 bits per heavy atom. The first-order valence-electron chi connectivity index (χ1n) is 6.68. The van der Waals surface area contributed by atoms with E-state index >= 15 is 0 Å². The van der Waals surface area contributed by atoms with E-state index in [2.05, 4.69) is 21.5 Å². The molecule has 1 amide bonds. The maximum Gasteiger partial charge on any atom is 0.254 e. The lowest BCUT2D eigenvalue weighted by Crippen LogP contribution is -2.42. The van der Waals surface area contributed by atoms with Gasteiger partial charge in [-0.05, 0) is 44.2 Å². The molecular formula is C17H16ClN3O. The lowest BCUT2D eigenvalue weighted by molar-refractivity contribution is 0.0930. The fourth-order valence-corrected chi connectivity index (χ4v) is 1.89. The van der Waals surface area contributed by atoms with Crippen LogP contribution in [0, 0.1) is 12.3 Å². The van der Waals surface area contributed by atoms with Crippen LogP contribution in [-0.2, 0) is 0 Å². The van der Waals surface area contributed by atoms with E-state index in [0.717, 1.165) is 5.69 Å². The highest BCUT2D eigenvalue weighted by molar-refractivity contribution is 6.30. The quantitative estimate of drug-likeness (QED) is 0.848. The van der Waals surface area contributed by atoms with Gasteiger partial charge in [0.15, 0.2) is 0 Å². The van der Waals surface area contributed by atoms with Crippen molar-refractivity contribution in [3.63, 3.8) is 0 Å². The molecule has 2 N–H and O–H groups in total. The number of nitrogens with one attached hydrogen (secondary N) is 2. The summed E-state index contributed by atoms with van der Waals surface area (Å²) in [6, 6.07) is 8.81. The molecule has 1 heterocycles. The van der Waals surface area contributed by atoms with Crippen LogP contribution < -0.4 is 10.6 Å². The van der Waals surface area contributed by atoms with Crippen molar-refractivity contribution >= 4 is 28.9 Å². The van der Waals surface area contributed by atoms with Gasteiger partial charge in [0.05, 0.1) is 23.0 Å². The van der Waals surface area contributed by atoms with Gasteiger partial charge >= 0.3 is 0 Å². The Balaban J connectivity index is 2.25. The van der Waals surface area contributed by atoms with Crippen molar-refractivity contribution in [2.45, 2.75) is 19.4 Å². The lowest BCUT2D eigenvalue weighted by atomic mass is 10.1. The Kier molecular flexibility index (Phi) is 4.69. The fraction of sp³-hybridized carbons (Fsp3) is 0.176. The van der Waals surface area contributed by atoms with Crippen LogP contribution in [0.25, 0.3) is 0 Å². The molecule has 0 atom stereocenters. The molecular weight excluding hydrogens is 298 g/mol. The zero-order chi connectivity index (χ0) is 16.2. The Morgan fingerprint density at radius 3 is 2.59 bits per heavy atom. The van der Waals surface area contributed by atoms with E-state index in [1.54, 1.807) is 44.4 Å². The van der Waals surface area contributed by atoms with Gasteiger partial charge in [-0.1, -0.05) is 17.5 Å². The molecule has 0 spiro atoms. The third-order valence-electron chi connectivity index (χ3n) is 2.98. The van der Waals surface area contributed by atoms with Gasteiger partial charge in [-0.25, -0.2) is 0 Å². The Hall–Kier alpha value is -2.51. The molecule has 112 valence electrons. The highest BCUT2D eigenvalue weighted by Gasteiger charge is 2.20. The number of hydrogen-bond donors (Lipinski definition) is 2. The molecule has 0 aliphatic carbocycles. The number of halogens is 1. The number of benzene rings is 1. The number of amides is 1. The van der Waals surface area contributed by atoms with Gasteiger partial charge in [-0.2, -0.15) is 0 Å². The molecule has 0 aliphatic rings. The van der Waals surface area contributed by atoms with Crippen molar-refractivity contribution in [3.8, 4) is 12.3 Å². The second kappa shape index (κ2) is 6.50. The summed E-state index contributed by atoms with van der Waals surface area (Å²) in [5, 5.41) is 6.59. The van der Waals surface area contributed by atoms with Gasteiger partial charge in [-0.3, -0.25) is 9.78 Å². The lowest BCUT2D eigenvalue weighted by Gasteiger charge is -2.20. The first kappa shape index (κ1) is 15.9. The van der Waals surface area contributed by atoms with Crippen LogP contribution in [0.3, 0.4) is 0 Å². The highest BCUT2D eigenvalue weighted by atomic mass is 35.5. The van der Waals surface area contributed by atoms with E-state index in [1.165, 1.54) is 0 Å². The fourth-order valence-electron chi connectivity index (χ4n) is 1.77. The maximum atomic E-state index is 12.4. The molecule has 0 saturated heterocycles. The summed E-state index contributed by atoms with van der Waals surface area (Å²) >= 11 is 5.86. The number of hydrogen-bond acceptors (Lipinski definition) is 3. The minimum absolute atomic E-state index is 0.262. The second-order valence-corrected chi connectivity index (χ2v) is 5.71. The zero-order valence-corrected chi connectivity index (χ0v) is 13.1. The molecule has 0 unspecified atom stereocenters. The van der Waals surface area contributed by atoms with E-state index in [-0.39, 0.29) is 5.91 Å². The molecule has 2 aromatic rings. The summed E-state index contributed by atoms with van der Waals surface area (Å²) in [4.78, 5) is 16.4. The van der Waals surface area contributed by atoms with Crippen molar-refractivity contribution in [1.29, 1.82) is 0 Å². The predicted molar refractivity (Wildman–Crippen MR) is 89.3 cm³/mol. The average Bonchev–Trinajstić information content (AvgIpc) is 2.49. The van der Waals surface area contributed by atoms with Crippen LogP contribution in [0.5, 0.6) is 0 Å². The molecule has 0 radical (unpaired) electrons. The number of carbonyl (C=O) groups excluding carboxylic acids is 1. The molecule has 0 fully saturated rings. The number of aromatic nitrogens is 1. The molecule has 1 aromatic heterocycles. The van der Waals surface area contributed by atoms with E-state index in [4.69, 9.17) is 18.0 Å². The summed E-state index contributed by atoms with van der Waals surface area (Å²) in [6.07, 6.45) is 8.55. The van der Waals surface area contributed by atoms with Crippen LogP contribution in [-0.4, -0.2) is 16.4 Å². The molecule has 0 bridgehead atoms. The van der Waals surface area contributed by atoms with E-state index in [9.17, 15) is 4.79 Å². The summed E-state index contributed by atoms with van der Waals surface area (Å²) in [7, 11) is 0. The maximum absolute atomic E-state index is 12.4. The summed E-state index contributed by atoms with van der Waals surface area (Å²) in [6.45, 7) is 3.52. The highest BCUT2D eigenvalue weighted by Crippen LogP contribution is 2.22. The molecule has 4 nitrogen and oxygen atoms in total. The first-order chi connectivity index (χ1) is 10.4. The monoisotopic (exact) mass is 313 g/mol. The number of carbonyl (C=O) groups is 1. The normalized spacial score (nSPS) is 10.6. The van der Waals surface area contributed by atoms with Crippen molar-refractivity contribution in [3.05, 3.63) is 53.3 Å². The molecule has 0 aliphatic heterocycles. The minimum atomic E-state index is -0.724. The van der Waals surface area contributed by atoms with E-state index in [1.807, 2.05) is 12.1 Å². The van der Waals surface area contributed by atoms with Crippen molar-refractivity contribution in [2.24, 2.45) is 0 Å². The summed E-state index contributed by atoms with van der Waals surface area (Å²) < 4.78 is 0. The molecule has 5 heteroatoms. The number of nitrogens with zero attached hydrogens (tertiary/aromatic N) is 1. The zero-order valence-electron chi connectivity index (χ0n) is 12.4. The van der Waals surface area contributed by atoms with Crippen LogP contribution in [0.2, 0.25) is 5.02 Å². The molecule has 2 rings (SSSR count). The van der Waals surface area contributed by atoms with Crippen molar-refractivity contribution < 1.29 is 4.79 Å². The van der Waals surface area contributed by atoms with E-state index < -0.39 is 5.54 Å². The van der Waals surface area contributed by atoms with Gasteiger partial charge in [0, 0.05) is 16.9 Å². The van der Waals surface area contributed by atoms with Crippen molar-refractivity contribution in [1.82, 2.24) is 10.3 Å². The van der Waals surface area contributed by atoms with Crippen LogP contribution in [0.4, 0.5) is 11.4 Å². The third kappa shape index (κ3) is 4.00. The molecule has 22 heavy (non-hydrogen) atoms. The smallest absolute Gasteiger partial charge is 0.254 e. The number of terminal acetylenes is 1. The summed E-state index contributed by atoms with van der Waals surface area (Å²) in [5.41, 5.74) is 1.14. The second-order valence-electron chi connectivity index (χ2n) is 5.28. The van der Waals surface area contributed by atoms with Gasteiger partial charge in [0.25, 0.3) is 5.91 Å². The van der Waals surface area contributed by atoms with Crippen molar-refractivity contribution in [2.75, 3.05) is 5.32 Å². The largest absolute Gasteiger partial charge is 0.354 e. The third-order valence-corrected chi connectivity index (χ3v) is 3.23. The SMILES string of the molecule is C#CC(C)(C)NC(=O)c1ccncc1Nc1ccc(Cl)cc1. The van der Waals surface area contributed by atoms with Gasteiger partial charge in [0.1, 0.15) is 0 Å². The first-order valence-corrected chi connectivity index (χ1v) is 7.06. The molecule has 1 aromatic carbocycles. The molecule has 0 saturated carbocycles. The topological polar surface area (TPSA) is 54.0 Å². The Morgan fingerprint density at radius 2 is 1.95 bits per heavy atom. The number of rotatable bonds is 4. The standard InChI is InChI=1S/C17H16ClN3O/c1-4-17(2,3)21-16(22)14-9-10-19-11-15(14)20-13-7-5-12(18)6-8-13/h1,5-11,20H,2-3H3,(H,21,22). The number of pyridine rings is 1. The number of anilines is 2. The van der Waals surface area contributed by atoms with Crippen LogP contribution >= 0.6 is 11.6 Å². The Bertz CT molecular complexity index is 717. The Labute approximate surface area is 134 Å². The van der Waals surface area contributed by atoms with Crippen LogP contribution in [0.15, 0.2) is 42.7 Å². The average molecular weight is 314 g/mol. The van der Waals surface area contributed by atoms with Crippen LogP contribution in [0.1, 0.15) is 24.2 Å². The van der Waals surface area contributed by atoms with Gasteiger partial charge in [0.2, 0.25) is 0 Å². The predicted octanol–water partition coefficient (Wildman–Crippen LogP) is 3.62. The summed E-state index contributed by atoms with van der Waals surface area (Å²) in [5.74, 6) is 2.27. The van der Waals surface area contributed by atoms with Gasteiger partial charge < -0.3 is 10.6 Å².